The number of hydrogen-bond acceptors (Lipinski definition) is 4. The van der Waals surface area contributed by atoms with Crippen LogP contribution in [0, 0.1) is 5.92 Å². The second kappa shape index (κ2) is 9.21. The number of anilines is 2. The van der Waals surface area contributed by atoms with Crippen LogP contribution in [-0.2, 0) is 27.0 Å². The summed E-state index contributed by atoms with van der Waals surface area (Å²) >= 11 is 12.5. The maximum Gasteiger partial charge on any atom is 0.306 e. The van der Waals surface area contributed by atoms with E-state index in [4.69, 9.17) is 23.2 Å². The van der Waals surface area contributed by atoms with Crippen molar-refractivity contribution in [3.63, 3.8) is 0 Å². The largest absolute Gasteiger partial charge is 0.481 e. The average molecular weight is 565 g/mol. The smallest absolute Gasteiger partial charge is 0.306 e. The Kier molecular flexibility index (Phi) is 6.40. The average Bonchev–Trinajstić information content (AvgIpc) is 3.45. The molecule has 2 aliphatic heterocycles. The van der Waals surface area contributed by atoms with E-state index in [9.17, 15) is 28.3 Å². The molecule has 1 saturated heterocycles. The van der Waals surface area contributed by atoms with Crippen molar-refractivity contribution in [1.29, 1.82) is 0 Å². The van der Waals surface area contributed by atoms with Gasteiger partial charge in [0.15, 0.2) is 0 Å². The molecule has 3 N–H and O–H groups in total. The highest BCUT2D eigenvalue weighted by Crippen LogP contribution is 2.52. The van der Waals surface area contributed by atoms with Gasteiger partial charge in [0, 0.05) is 47.5 Å². The Bertz CT molecular complexity index is 1490. The molecule has 5 rings (SSSR count). The third-order valence-electron chi connectivity index (χ3n) is 7.47. The van der Waals surface area contributed by atoms with Crippen molar-refractivity contribution in [3.8, 4) is 0 Å². The number of amides is 2. The molecule has 2 aromatic carbocycles. The minimum atomic E-state index is -3.28. The molecule has 0 unspecified atom stereocenters. The molecule has 200 valence electrons. The third-order valence-corrected chi connectivity index (χ3v) is 7.98. The summed E-state index contributed by atoms with van der Waals surface area (Å²) in [4.78, 5) is 40.0. The van der Waals surface area contributed by atoms with Crippen LogP contribution in [0.15, 0.2) is 42.6 Å². The molecule has 2 aliphatic rings. The van der Waals surface area contributed by atoms with Gasteiger partial charge in [-0.1, -0.05) is 36.2 Å². The molecule has 0 aliphatic carbocycles. The van der Waals surface area contributed by atoms with E-state index in [1.54, 1.807) is 12.1 Å². The minimum Gasteiger partial charge on any atom is -0.481 e. The summed E-state index contributed by atoms with van der Waals surface area (Å²) in [6, 6.07) is 8.80. The lowest BCUT2D eigenvalue weighted by molar-refractivity contribution is -0.147. The number of carboxylic acids is 1. The van der Waals surface area contributed by atoms with E-state index in [-0.39, 0.29) is 21.3 Å². The van der Waals surface area contributed by atoms with Crippen molar-refractivity contribution < 1.29 is 28.3 Å². The number of aryl methyl sites for hydroxylation is 1. The van der Waals surface area contributed by atoms with E-state index in [2.05, 4.69) is 10.6 Å². The van der Waals surface area contributed by atoms with Crippen molar-refractivity contribution in [2.24, 2.45) is 13.0 Å². The summed E-state index contributed by atoms with van der Waals surface area (Å²) < 4.78 is 31.9. The molecule has 0 spiro atoms. The van der Waals surface area contributed by atoms with Crippen molar-refractivity contribution in [3.05, 3.63) is 58.2 Å². The normalized spacial score (nSPS) is 23.3. The number of fused-ring (bicyclic) bond motifs is 2. The Morgan fingerprint density at radius 3 is 2.68 bits per heavy atom. The maximum absolute atomic E-state index is 15.0. The number of nitrogens with one attached hydrogen (secondary N) is 2. The molecule has 8 nitrogen and oxygen atoms in total. The van der Waals surface area contributed by atoms with Crippen LogP contribution < -0.4 is 10.6 Å². The number of carbonyl (C=O) groups is 3. The molecule has 3 aromatic rings. The van der Waals surface area contributed by atoms with Gasteiger partial charge in [0.25, 0.3) is 5.92 Å². The zero-order chi connectivity index (χ0) is 27.6. The van der Waals surface area contributed by atoms with E-state index < -0.39 is 60.6 Å². The number of halogens is 4. The predicted molar refractivity (Wildman–Crippen MR) is 140 cm³/mol. The minimum absolute atomic E-state index is 0.0532. The standard InChI is InChI=1S/C26H24Cl2F2N4O4/c1-13(23(37)31-16-4-3-14-5-6-33(2)19(14)9-16)20-10-25(29,30)12-34(20)26(11-21(35)36)17-7-15(27)8-18(28)22(17)32-24(26)38/h3-9,13,20H,10-12H2,1-2H3,(H,31,37)(H,32,38)(H,35,36)/t13-,20-,26-/m1/s1. The van der Waals surface area contributed by atoms with Crippen LogP contribution in [-0.4, -0.2) is 50.9 Å². The number of aromatic nitrogens is 1. The summed E-state index contributed by atoms with van der Waals surface area (Å²) in [6.45, 7) is 0.567. The molecule has 12 heteroatoms. The Morgan fingerprint density at radius 2 is 1.97 bits per heavy atom. The van der Waals surface area contributed by atoms with E-state index in [1.165, 1.54) is 19.1 Å². The molecule has 38 heavy (non-hydrogen) atoms. The van der Waals surface area contributed by atoms with Crippen LogP contribution in [0.2, 0.25) is 10.0 Å². The molecule has 0 bridgehead atoms. The molecule has 0 saturated carbocycles. The van der Waals surface area contributed by atoms with Gasteiger partial charge < -0.3 is 20.3 Å². The summed E-state index contributed by atoms with van der Waals surface area (Å²) in [7, 11) is 1.86. The fraction of sp³-hybridized carbons (Fsp3) is 0.346. The van der Waals surface area contributed by atoms with Crippen molar-refractivity contribution in [2.45, 2.75) is 37.3 Å². The van der Waals surface area contributed by atoms with Gasteiger partial charge in [0.2, 0.25) is 11.8 Å². The first-order valence-electron chi connectivity index (χ1n) is 11.9. The summed E-state index contributed by atoms with van der Waals surface area (Å²) in [5.41, 5.74) is -0.485. The van der Waals surface area contributed by atoms with Crippen LogP contribution in [0.3, 0.4) is 0 Å². The zero-order valence-electron chi connectivity index (χ0n) is 20.4. The molecular weight excluding hydrogens is 541 g/mol. The van der Waals surface area contributed by atoms with Gasteiger partial charge in [-0.2, -0.15) is 0 Å². The number of carboxylic acid groups (broad SMARTS) is 1. The van der Waals surface area contributed by atoms with Crippen molar-refractivity contribution in [2.75, 3.05) is 17.2 Å². The predicted octanol–water partition coefficient (Wildman–Crippen LogP) is 5.09. The van der Waals surface area contributed by atoms with Gasteiger partial charge in [-0.15, -0.1) is 0 Å². The van der Waals surface area contributed by atoms with E-state index >= 15 is 0 Å². The number of hydrogen-bond donors (Lipinski definition) is 3. The van der Waals surface area contributed by atoms with Crippen molar-refractivity contribution in [1.82, 2.24) is 9.47 Å². The quantitative estimate of drug-likeness (QED) is 0.387. The Morgan fingerprint density at radius 1 is 1.24 bits per heavy atom. The lowest BCUT2D eigenvalue weighted by atomic mass is 9.83. The summed E-state index contributed by atoms with van der Waals surface area (Å²) in [5.74, 6) is -7.06. The number of nitrogens with zero attached hydrogens (tertiary/aromatic N) is 2. The van der Waals surface area contributed by atoms with Gasteiger partial charge in [0.05, 0.1) is 29.6 Å². The highest BCUT2D eigenvalue weighted by atomic mass is 35.5. The number of carbonyl (C=O) groups excluding carboxylic acids is 2. The molecule has 3 heterocycles. The molecule has 1 aromatic heterocycles. The molecule has 2 amide bonds. The van der Waals surface area contributed by atoms with Gasteiger partial charge in [0.1, 0.15) is 5.54 Å². The van der Waals surface area contributed by atoms with Crippen LogP contribution in [0.4, 0.5) is 20.2 Å². The fourth-order valence-corrected chi connectivity index (χ4v) is 6.17. The fourth-order valence-electron chi connectivity index (χ4n) is 5.63. The highest BCUT2D eigenvalue weighted by molar-refractivity contribution is 6.38. The molecule has 3 atom stereocenters. The Balaban J connectivity index is 1.54. The highest BCUT2D eigenvalue weighted by Gasteiger charge is 2.62. The van der Waals surface area contributed by atoms with E-state index in [0.717, 1.165) is 15.8 Å². The zero-order valence-corrected chi connectivity index (χ0v) is 21.9. The summed E-state index contributed by atoms with van der Waals surface area (Å²) in [5, 5.41) is 16.3. The number of benzene rings is 2. The van der Waals surface area contributed by atoms with Gasteiger partial charge in [-0.25, -0.2) is 8.78 Å². The molecule has 0 radical (unpaired) electrons. The molecule has 1 fully saturated rings. The Hall–Kier alpha value is -3.21. The van der Waals surface area contributed by atoms with Gasteiger partial charge in [-0.05, 0) is 35.7 Å². The van der Waals surface area contributed by atoms with E-state index in [1.807, 2.05) is 29.9 Å². The van der Waals surface area contributed by atoms with Crippen LogP contribution in [0.1, 0.15) is 25.3 Å². The monoisotopic (exact) mass is 564 g/mol. The van der Waals surface area contributed by atoms with Crippen LogP contribution in [0.25, 0.3) is 10.9 Å². The number of likely N-dealkylation sites (tertiary alicyclic amines) is 1. The number of aliphatic carboxylic acids is 1. The number of rotatable bonds is 6. The van der Waals surface area contributed by atoms with Crippen molar-refractivity contribution >= 4 is 63.3 Å². The topological polar surface area (TPSA) is 104 Å². The lowest BCUT2D eigenvalue weighted by Gasteiger charge is -2.41. The first-order chi connectivity index (χ1) is 17.8. The summed E-state index contributed by atoms with van der Waals surface area (Å²) in [6.07, 6.45) is 0.312. The van der Waals surface area contributed by atoms with Crippen LogP contribution in [0.5, 0.6) is 0 Å². The Labute approximate surface area is 226 Å². The maximum atomic E-state index is 15.0. The SMILES string of the molecule is C[C@@H](C(=O)Nc1ccc2ccn(C)c2c1)[C@H]1CC(F)(F)CN1[C@@]1(CC(=O)O)C(=O)Nc2c(Cl)cc(Cl)cc21. The van der Waals surface area contributed by atoms with Gasteiger partial charge in [-0.3, -0.25) is 19.3 Å². The lowest BCUT2D eigenvalue weighted by Crippen LogP contribution is -2.57. The molecular formula is C26H24Cl2F2N4O4. The van der Waals surface area contributed by atoms with Gasteiger partial charge >= 0.3 is 5.97 Å². The third kappa shape index (κ3) is 4.30. The first-order valence-corrected chi connectivity index (χ1v) is 12.6. The number of alkyl halides is 2. The first kappa shape index (κ1) is 26.4. The second-order valence-electron chi connectivity index (χ2n) is 9.93. The van der Waals surface area contributed by atoms with E-state index in [0.29, 0.717) is 5.69 Å². The van der Waals surface area contributed by atoms with Crippen LogP contribution >= 0.6 is 23.2 Å². The second-order valence-corrected chi connectivity index (χ2v) is 10.8.